The lowest BCUT2D eigenvalue weighted by Gasteiger charge is -2.23. The summed E-state index contributed by atoms with van der Waals surface area (Å²) in [7, 11) is 0. The molecule has 0 spiro atoms. The van der Waals surface area contributed by atoms with Crippen LogP contribution < -0.4 is 5.32 Å². The van der Waals surface area contributed by atoms with E-state index in [0.717, 1.165) is 49.2 Å². The van der Waals surface area contributed by atoms with Gasteiger partial charge in [0.05, 0.1) is 17.6 Å². The van der Waals surface area contributed by atoms with Crippen LogP contribution in [0, 0.1) is 0 Å². The number of nitrogens with one attached hydrogen (secondary N) is 1. The molecule has 0 amide bonds. The fraction of sp³-hybridized carbons (Fsp3) is 0.562. The van der Waals surface area contributed by atoms with Crippen molar-refractivity contribution in [1.29, 1.82) is 0 Å². The number of hydrogen-bond donors (Lipinski definition) is 2. The largest absolute Gasteiger partial charge is 0.395 e. The Morgan fingerprint density at radius 3 is 2.85 bits per heavy atom. The van der Waals surface area contributed by atoms with Crippen LogP contribution in [-0.4, -0.2) is 34.4 Å². The topological polar surface area (TPSA) is 50.1 Å². The third-order valence-corrected chi connectivity index (χ3v) is 4.28. The van der Waals surface area contributed by atoms with Gasteiger partial charge in [0.15, 0.2) is 0 Å². The van der Waals surface area contributed by atoms with Crippen molar-refractivity contribution in [3.63, 3.8) is 0 Å². The summed E-state index contributed by atoms with van der Waals surface area (Å²) in [6.07, 6.45) is 3.30. The number of rotatable bonds is 4. The van der Waals surface area contributed by atoms with Crippen LogP contribution in [0.25, 0.3) is 11.0 Å². The van der Waals surface area contributed by atoms with E-state index in [0.29, 0.717) is 12.5 Å². The molecule has 1 aromatic carbocycles. The van der Waals surface area contributed by atoms with Crippen molar-refractivity contribution in [3.05, 3.63) is 29.6 Å². The number of imidazole rings is 1. The molecule has 0 bridgehead atoms. The van der Waals surface area contributed by atoms with Gasteiger partial charge in [-0.3, -0.25) is 0 Å². The summed E-state index contributed by atoms with van der Waals surface area (Å²) < 4.78 is 2.21. The Balaban J connectivity index is 2.06. The van der Waals surface area contributed by atoms with Crippen LogP contribution in [0.3, 0.4) is 0 Å². The molecule has 2 aromatic rings. The Bertz CT molecular complexity index is 585. The van der Waals surface area contributed by atoms with Crippen LogP contribution >= 0.6 is 0 Å². The predicted octanol–water partition coefficient (Wildman–Crippen LogP) is 2.06. The van der Waals surface area contributed by atoms with Gasteiger partial charge in [-0.15, -0.1) is 0 Å². The normalized spacial score (nSPS) is 16.9. The van der Waals surface area contributed by atoms with Gasteiger partial charge in [0, 0.05) is 12.5 Å². The summed E-state index contributed by atoms with van der Waals surface area (Å²) >= 11 is 0. The molecule has 0 atom stereocenters. The molecule has 0 radical (unpaired) electrons. The number of aliphatic hydroxyl groups is 1. The molecule has 4 heteroatoms. The number of nitrogens with zero attached hydrogens (tertiary/aromatic N) is 2. The molecule has 1 saturated heterocycles. The number of hydrogen-bond acceptors (Lipinski definition) is 3. The first-order valence-corrected chi connectivity index (χ1v) is 7.64. The van der Waals surface area contributed by atoms with E-state index >= 15 is 0 Å². The first-order valence-electron chi connectivity index (χ1n) is 7.64. The lowest BCUT2D eigenvalue weighted by molar-refractivity contribution is 0.273. The minimum atomic E-state index is 0.166. The number of aliphatic hydroxyl groups excluding tert-OH is 1. The fourth-order valence-corrected chi connectivity index (χ4v) is 3.14. The SMILES string of the molecule is CCc1ccc2c(c1)nc(C1CCNCC1)n2CCO. The number of benzene rings is 1. The summed E-state index contributed by atoms with van der Waals surface area (Å²) in [4.78, 5) is 4.89. The molecule has 108 valence electrons. The Hall–Kier alpha value is -1.39. The quantitative estimate of drug-likeness (QED) is 0.896. The van der Waals surface area contributed by atoms with Crippen molar-refractivity contribution in [2.45, 2.75) is 38.6 Å². The number of piperidine rings is 1. The first-order chi connectivity index (χ1) is 9.83. The highest BCUT2D eigenvalue weighted by molar-refractivity contribution is 5.77. The Kier molecular flexibility index (Phi) is 4.03. The number of aryl methyl sites for hydroxylation is 1. The minimum absolute atomic E-state index is 0.166. The number of fused-ring (bicyclic) bond motifs is 1. The molecule has 0 unspecified atom stereocenters. The van der Waals surface area contributed by atoms with Gasteiger partial charge in [-0.25, -0.2) is 4.98 Å². The average molecular weight is 273 g/mol. The van der Waals surface area contributed by atoms with E-state index in [-0.39, 0.29) is 6.61 Å². The van der Waals surface area contributed by atoms with E-state index in [2.05, 4.69) is 35.0 Å². The maximum Gasteiger partial charge on any atom is 0.113 e. The molecule has 1 aliphatic heterocycles. The van der Waals surface area contributed by atoms with Gasteiger partial charge in [0.25, 0.3) is 0 Å². The smallest absolute Gasteiger partial charge is 0.113 e. The second-order valence-corrected chi connectivity index (χ2v) is 5.55. The molecule has 2 N–H and O–H groups in total. The highest BCUT2D eigenvalue weighted by atomic mass is 16.3. The molecule has 1 aliphatic rings. The first kappa shape index (κ1) is 13.6. The second-order valence-electron chi connectivity index (χ2n) is 5.55. The Morgan fingerprint density at radius 2 is 2.15 bits per heavy atom. The van der Waals surface area contributed by atoms with Crippen molar-refractivity contribution in [3.8, 4) is 0 Å². The lowest BCUT2D eigenvalue weighted by atomic mass is 9.97. The van der Waals surface area contributed by atoms with E-state index in [1.165, 1.54) is 5.56 Å². The molecule has 1 aromatic heterocycles. The van der Waals surface area contributed by atoms with Crippen LogP contribution in [0.2, 0.25) is 0 Å². The van der Waals surface area contributed by atoms with Crippen molar-refractivity contribution >= 4 is 11.0 Å². The van der Waals surface area contributed by atoms with E-state index in [4.69, 9.17) is 4.98 Å². The Labute approximate surface area is 119 Å². The van der Waals surface area contributed by atoms with Crippen LogP contribution in [0.5, 0.6) is 0 Å². The minimum Gasteiger partial charge on any atom is -0.395 e. The molecule has 4 nitrogen and oxygen atoms in total. The molecule has 20 heavy (non-hydrogen) atoms. The van der Waals surface area contributed by atoms with Gasteiger partial charge in [-0.05, 0) is 50.0 Å². The standard InChI is InChI=1S/C16H23N3O/c1-2-12-3-4-15-14(11-12)18-16(19(15)9-10-20)13-5-7-17-8-6-13/h3-4,11,13,17,20H,2,5-10H2,1H3. The Morgan fingerprint density at radius 1 is 1.35 bits per heavy atom. The predicted molar refractivity (Wildman–Crippen MR) is 81.0 cm³/mol. The van der Waals surface area contributed by atoms with Gasteiger partial charge in [0.2, 0.25) is 0 Å². The lowest BCUT2D eigenvalue weighted by Crippen LogP contribution is -2.28. The molecular formula is C16H23N3O. The van der Waals surface area contributed by atoms with E-state index in [9.17, 15) is 5.11 Å². The highest BCUT2D eigenvalue weighted by Gasteiger charge is 2.22. The van der Waals surface area contributed by atoms with Crippen molar-refractivity contribution in [1.82, 2.24) is 14.9 Å². The zero-order valence-corrected chi connectivity index (χ0v) is 12.1. The molecule has 2 heterocycles. The van der Waals surface area contributed by atoms with E-state index in [1.807, 2.05) is 0 Å². The van der Waals surface area contributed by atoms with Crippen LogP contribution in [0.1, 0.15) is 37.1 Å². The fourth-order valence-electron chi connectivity index (χ4n) is 3.14. The summed E-state index contributed by atoms with van der Waals surface area (Å²) in [6, 6.07) is 6.51. The summed E-state index contributed by atoms with van der Waals surface area (Å²) in [6.45, 7) is 5.10. The monoisotopic (exact) mass is 273 g/mol. The molecule has 1 fully saturated rings. The van der Waals surface area contributed by atoms with Gasteiger partial charge in [0.1, 0.15) is 5.82 Å². The maximum atomic E-state index is 9.36. The molecule has 0 saturated carbocycles. The van der Waals surface area contributed by atoms with Crippen LogP contribution in [0.4, 0.5) is 0 Å². The highest BCUT2D eigenvalue weighted by Crippen LogP contribution is 2.28. The summed E-state index contributed by atoms with van der Waals surface area (Å²) in [5.41, 5.74) is 3.55. The van der Waals surface area contributed by atoms with Gasteiger partial charge >= 0.3 is 0 Å². The van der Waals surface area contributed by atoms with Gasteiger partial charge < -0.3 is 15.0 Å². The summed E-state index contributed by atoms with van der Waals surface area (Å²) in [5, 5.41) is 12.8. The van der Waals surface area contributed by atoms with E-state index in [1.54, 1.807) is 0 Å². The van der Waals surface area contributed by atoms with Crippen LogP contribution in [-0.2, 0) is 13.0 Å². The van der Waals surface area contributed by atoms with Crippen molar-refractivity contribution < 1.29 is 5.11 Å². The third kappa shape index (κ3) is 2.45. The molecule has 0 aliphatic carbocycles. The summed E-state index contributed by atoms with van der Waals surface area (Å²) in [5.74, 6) is 1.67. The van der Waals surface area contributed by atoms with Crippen molar-refractivity contribution in [2.75, 3.05) is 19.7 Å². The van der Waals surface area contributed by atoms with Gasteiger partial charge in [-0.1, -0.05) is 13.0 Å². The number of aromatic nitrogens is 2. The zero-order valence-electron chi connectivity index (χ0n) is 12.1. The van der Waals surface area contributed by atoms with Gasteiger partial charge in [-0.2, -0.15) is 0 Å². The molecule has 3 rings (SSSR count). The third-order valence-electron chi connectivity index (χ3n) is 4.28. The van der Waals surface area contributed by atoms with Crippen LogP contribution in [0.15, 0.2) is 18.2 Å². The van der Waals surface area contributed by atoms with Crippen molar-refractivity contribution in [2.24, 2.45) is 0 Å². The zero-order chi connectivity index (χ0) is 13.9. The second kappa shape index (κ2) is 5.94. The molecular weight excluding hydrogens is 250 g/mol. The average Bonchev–Trinajstić information content (AvgIpc) is 2.86. The maximum absolute atomic E-state index is 9.36. The van der Waals surface area contributed by atoms with E-state index < -0.39 is 0 Å².